The molecule has 0 unspecified atom stereocenters. The number of primary amides is 1. The van der Waals surface area contributed by atoms with Crippen LogP contribution < -0.4 is 5.73 Å². The number of aryl methyl sites for hydroxylation is 1. The highest BCUT2D eigenvalue weighted by Crippen LogP contribution is 2.24. The molecule has 0 spiro atoms. The van der Waals surface area contributed by atoms with Crippen LogP contribution in [0.4, 0.5) is 0 Å². The molecular formula is C18H27N3O4. The third-order valence-electron chi connectivity index (χ3n) is 5.03. The molecule has 0 bridgehead atoms. The van der Waals surface area contributed by atoms with Gasteiger partial charge in [-0.3, -0.25) is 14.5 Å². The maximum absolute atomic E-state index is 12.7. The molecule has 7 nitrogen and oxygen atoms in total. The first-order valence-corrected chi connectivity index (χ1v) is 9.08. The Kier molecular flexibility index (Phi) is 5.75. The highest BCUT2D eigenvalue weighted by atomic mass is 16.5. The molecule has 1 aromatic heterocycles. The van der Waals surface area contributed by atoms with Crippen LogP contribution in [0.15, 0.2) is 10.5 Å². The number of carbonyl (C=O) groups excluding carboxylic acids is 2. The van der Waals surface area contributed by atoms with Crippen molar-refractivity contribution in [3.05, 3.63) is 23.2 Å². The molecular weight excluding hydrogens is 322 g/mol. The van der Waals surface area contributed by atoms with E-state index >= 15 is 0 Å². The van der Waals surface area contributed by atoms with Gasteiger partial charge in [-0.1, -0.05) is 6.92 Å². The summed E-state index contributed by atoms with van der Waals surface area (Å²) in [6.45, 7) is 7.03. The van der Waals surface area contributed by atoms with Crippen molar-refractivity contribution in [2.75, 3.05) is 39.4 Å². The van der Waals surface area contributed by atoms with E-state index in [4.69, 9.17) is 14.9 Å². The number of morpholine rings is 1. The molecule has 3 heterocycles. The van der Waals surface area contributed by atoms with Gasteiger partial charge in [0.1, 0.15) is 5.76 Å². The van der Waals surface area contributed by atoms with Gasteiger partial charge in [-0.15, -0.1) is 0 Å². The van der Waals surface area contributed by atoms with Crippen LogP contribution in [-0.4, -0.2) is 61.0 Å². The molecule has 7 heteroatoms. The lowest BCUT2D eigenvalue weighted by Crippen LogP contribution is -2.48. The number of amides is 2. The molecule has 1 aromatic rings. The topological polar surface area (TPSA) is 89.0 Å². The first-order chi connectivity index (χ1) is 12.1. The molecule has 3 rings (SSSR count). The largest absolute Gasteiger partial charge is 0.456 e. The average Bonchev–Trinajstić information content (AvgIpc) is 3.05. The number of carbonyl (C=O) groups is 2. The van der Waals surface area contributed by atoms with Crippen molar-refractivity contribution in [3.8, 4) is 0 Å². The molecule has 2 aliphatic rings. The number of furan rings is 1. The molecule has 25 heavy (non-hydrogen) atoms. The Morgan fingerprint density at radius 1 is 1.28 bits per heavy atom. The average molecular weight is 349 g/mol. The number of nitrogens with two attached hydrogens (primary N) is 1. The number of ether oxygens (including phenoxy) is 1. The summed E-state index contributed by atoms with van der Waals surface area (Å²) >= 11 is 0. The van der Waals surface area contributed by atoms with E-state index in [-0.39, 0.29) is 17.6 Å². The lowest BCUT2D eigenvalue weighted by atomic mass is 9.95. The van der Waals surface area contributed by atoms with E-state index in [1.165, 1.54) is 0 Å². The van der Waals surface area contributed by atoms with Crippen molar-refractivity contribution < 1.29 is 18.7 Å². The zero-order chi connectivity index (χ0) is 17.8. The number of likely N-dealkylation sites (tertiary alicyclic amines) is 1. The standard InChI is InChI=1S/C18H27N3O4/c1-2-15-14(10-16(25-15)17(19)22)12-20-5-3-4-13(11-20)18(23)21-6-8-24-9-7-21/h10,13H,2-9,11-12H2,1H3,(H2,19,22)/t13-/m1/s1. The summed E-state index contributed by atoms with van der Waals surface area (Å²) in [5.74, 6) is 0.758. The van der Waals surface area contributed by atoms with Crippen molar-refractivity contribution in [2.24, 2.45) is 11.7 Å². The zero-order valence-corrected chi connectivity index (χ0v) is 14.8. The predicted molar refractivity (Wildman–Crippen MR) is 92.0 cm³/mol. The first-order valence-electron chi connectivity index (χ1n) is 9.08. The molecule has 2 aliphatic heterocycles. The minimum atomic E-state index is -0.542. The molecule has 2 N–H and O–H groups in total. The number of piperidine rings is 1. The highest BCUT2D eigenvalue weighted by molar-refractivity contribution is 5.90. The maximum atomic E-state index is 12.7. The van der Waals surface area contributed by atoms with Crippen LogP contribution in [0, 0.1) is 5.92 Å². The molecule has 2 fully saturated rings. The van der Waals surface area contributed by atoms with Crippen LogP contribution in [-0.2, 0) is 22.5 Å². The van der Waals surface area contributed by atoms with Gasteiger partial charge in [-0.05, 0) is 25.5 Å². The van der Waals surface area contributed by atoms with Crippen molar-refractivity contribution in [2.45, 2.75) is 32.7 Å². The van der Waals surface area contributed by atoms with Crippen LogP contribution in [0.2, 0.25) is 0 Å². The predicted octanol–water partition coefficient (Wildman–Crippen LogP) is 1.01. The Hall–Kier alpha value is -1.86. The molecule has 2 saturated heterocycles. The Bertz CT molecular complexity index is 622. The summed E-state index contributed by atoms with van der Waals surface area (Å²) in [6, 6.07) is 1.74. The number of nitrogens with zero attached hydrogens (tertiary/aromatic N) is 2. The fourth-order valence-corrected chi connectivity index (χ4v) is 3.70. The van der Waals surface area contributed by atoms with Gasteiger partial charge >= 0.3 is 0 Å². The van der Waals surface area contributed by atoms with E-state index < -0.39 is 5.91 Å². The van der Waals surface area contributed by atoms with E-state index in [1.807, 2.05) is 11.8 Å². The van der Waals surface area contributed by atoms with Crippen molar-refractivity contribution in [3.63, 3.8) is 0 Å². The van der Waals surface area contributed by atoms with Gasteiger partial charge in [-0.25, -0.2) is 0 Å². The van der Waals surface area contributed by atoms with Crippen molar-refractivity contribution >= 4 is 11.8 Å². The first kappa shape index (κ1) is 17.9. The minimum Gasteiger partial charge on any atom is -0.456 e. The summed E-state index contributed by atoms with van der Waals surface area (Å²) < 4.78 is 10.9. The summed E-state index contributed by atoms with van der Waals surface area (Å²) in [4.78, 5) is 28.3. The van der Waals surface area contributed by atoms with Gasteiger partial charge in [0.05, 0.1) is 19.1 Å². The summed E-state index contributed by atoms with van der Waals surface area (Å²) in [7, 11) is 0. The van der Waals surface area contributed by atoms with E-state index in [9.17, 15) is 9.59 Å². The molecule has 1 atom stereocenters. The lowest BCUT2D eigenvalue weighted by Gasteiger charge is -2.36. The van der Waals surface area contributed by atoms with Gasteiger partial charge < -0.3 is 19.8 Å². The highest BCUT2D eigenvalue weighted by Gasteiger charge is 2.30. The second-order valence-corrected chi connectivity index (χ2v) is 6.79. The smallest absolute Gasteiger partial charge is 0.284 e. The van der Waals surface area contributed by atoms with Crippen molar-refractivity contribution in [1.29, 1.82) is 0 Å². The van der Waals surface area contributed by atoms with Crippen LogP contribution in [0.3, 0.4) is 0 Å². The van der Waals surface area contributed by atoms with Gasteiger partial charge in [0.15, 0.2) is 5.76 Å². The van der Waals surface area contributed by atoms with Crippen LogP contribution in [0.5, 0.6) is 0 Å². The quantitative estimate of drug-likeness (QED) is 0.857. The Labute approximate surface area is 148 Å². The molecule has 0 saturated carbocycles. The van der Waals surface area contributed by atoms with E-state index in [1.54, 1.807) is 6.07 Å². The third kappa shape index (κ3) is 4.22. The van der Waals surface area contributed by atoms with Crippen LogP contribution >= 0.6 is 0 Å². The fourth-order valence-electron chi connectivity index (χ4n) is 3.70. The van der Waals surface area contributed by atoms with E-state index in [2.05, 4.69) is 4.90 Å². The minimum absolute atomic E-state index is 0.0411. The van der Waals surface area contributed by atoms with Crippen LogP contribution in [0.1, 0.15) is 41.6 Å². The van der Waals surface area contributed by atoms with Gasteiger partial charge in [0.2, 0.25) is 5.91 Å². The monoisotopic (exact) mass is 349 g/mol. The van der Waals surface area contributed by atoms with Crippen molar-refractivity contribution in [1.82, 2.24) is 9.80 Å². The molecule has 0 aliphatic carbocycles. The Morgan fingerprint density at radius 3 is 2.72 bits per heavy atom. The number of rotatable bonds is 5. The molecule has 2 amide bonds. The van der Waals surface area contributed by atoms with Gasteiger partial charge in [0.25, 0.3) is 5.91 Å². The lowest BCUT2D eigenvalue weighted by molar-refractivity contribution is -0.141. The molecule has 0 aromatic carbocycles. The second-order valence-electron chi connectivity index (χ2n) is 6.79. The van der Waals surface area contributed by atoms with Crippen LogP contribution in [0.25, 0.3) is 0 Å². The van der Waals surface area contributed by atoms with Gasteiger partial charge in [0, 0.05) is 38.2 Å². The maximum Gasteiger partial charge on any atom is 0.284 e. The third-order valence-corrected chi connectivity index (χ3v) is 5.03. The van der Waals surface area contributed by atoms with E-state index in [0.29, 0.717) is 39.3 Å². The fraction of sp³-hybridized carbons (Fsp3) is 0.667. The normalized spacial score (nSPS) is 22.1. The number of hydrogen-bond donors (Lipinski definition) is 1. The van der Waals surface area contributed by atoms with E-state index in [0.717, 1.165) is 37.3 Å². The zero-order valence-electron chi connectivity index (χ0n) is 14.8. The van der Waals surface area contributed by atoms with Gasteiger partial charge in [-0.2, -0.15) is 0 Å². The summed E-state index contributed by atoms with van der Waals surface area (Å²) in [5.41, 5.74) is 6.32. The molecule has 0 radical (unpaired) electrons. The second kappa shape index (κ2) is 8.01. The summed E-state index contributed by atoms with van der Waals surface area (Å²) in [5, 5.41) is 0. The Morgan fingerprint density at radius 2 is 2.04 bits per heavy atom. The Balaban J connectivity index is 1.63. The number of hydrogen-bond acceptors (Lipinski definition) is 5. The molecule has 138 valence electrons. The SMILES string of the molecule is CCc1oc(C(N)=O)cc1CN1CCC[C@@H](C(=O)N2CCOCC2)C1. The summed E-state index contributed by atoms with van der Waals surface area (Å²) in [6.07, 6.45) is 2.65.